The molecule has 2 aromatic rings. The summed E-state index contributed by atoms with van der Waals surface area (Å²) < 4.78 is 20.8. The number of carbonyl (C=O) groups is 8. The Bertz CT molecular complexity index is 2090. The summed E-state index contributed by atoms with van der Waals surface area (Å²) in [7, 11) is 1.20. The monoisotopic (exact) mass is 992 g/mol. The molecule has 0 aliphatic heterocycles. The molecule has 71 heavy (non-hydrogen) atoms. The minimum absolute atomic E-state index is 0.0356. The molecule has 17 nitrogen and oxygen atoms in total. The predicted octanol–water partition coefficient (Wildman–Crippen LogP) is 6.85. The van der Waals surface area contributed by atoms with E-state index in [1.807, 2.05) is 42.5 Å². The molecule has 0 radical (unpaired) electrons. The Labute approximate surface area is 420 Å². The second-order valence-electron chi connectivity index (χ2n) is 20.6. The van der Waals surface area contributed by atoms with Crippen LogP contribution in [0, 0.1) is 17.8 Å². The molecule has 3 rings (SSSR count). The van der Waals surface area contributed by atoms with Gasteiger partial charge in [-0.3, -0.25) is 24.0 Å². The van der Waals surface area contributed by atoms with Crippen molar-refractivity contribution in [1.82, 2.24) is 21.3 Å². The zero-order chi connectivity index (χ0) is 52.6. The number of fused-ring (bicyclic) bond motifs is 1. The van der Waals surface area contributed by atoms with Crippen LogP contribution in [0.3, 0.4) is 0 Å². The number of nitrogens with one attached hydrogen (secondary N) is 4. The fourth-order valence-corrected chi connectivity index (χ4v) is 8.40. The van der Waals surface area contributed by atoms with Gasteiger partial charge in [-0.1, -0.05) is 68.0 Å². The molecule has 0 heterocycles. The second kappa shape index (κ2) is 30.1. The lowest BCUT2D eigenvalue weighted by molar-refractivity contribution is -0.158. The molecular formula is C54H81N5O12. The number of rotatable bonds is 29. The third-order valence-corrected chi connectivity index (χ3v) is 12.1. The molecule has 0 bridgehead atoms. The van der Waals surface area contributed by atoms with Gasteiger partial charge in [-0.15, -0.1) is 0 Å². The summed E-state index contributed by atoms with van der Waals surface area (Å²) in [6.45, 7) is 14.6. The SMILES string of the molecule is C=CCOC(=O)CCCCCC(N)C(=O)NCC1CCC(C(=O)CC(Cc2ccc3ccccc3c2)C(=O)NCCCCC(NC(=O)NC(CCC(=O)OC(C)(C)C)C(=O)OC(C)(C)C)C(=O)OC)CC1. The minimum Gasteiger partial charge on any atom is -0.467 e. The number of benzene rings is 2. The van der Waals surface area contributed by atoms with E-state index in [1.54, 1.807) is 41.5 Å². The van der Waals surface area contributed by atoms with Crippen LogP contribution >= 0.6 is 0 Å². The van der Waals surface area contributed by atoms with Crippen LogP contribution in [0.2, 0.25) is 0 Å². The van der Waals surface area contributed by atoms with Gasteiger partial charge in [0, 0.05) is 44.2 Å². The zero-order valence-corrected chi connectivity index (χ0v) is 43.2. The molecule has 394 valence electrons. The van der Waals surface area contributed by atoms with Gasteiger partial charge in [-0.25, -0.2) is 14.4 Å². The Balaban J connectivity index is 1.54. The summed E-state index contributed by atoms with van der Waals surface area (Å²) in [5, 5.41) is 13.2. The molecule has 0 aromatic heterocycles. The van der Waals surface area contributed by atoms with E-state index < -0.39 is 59.2 Å². The van der Waals surface area contributed by atoms with Crippen molar-refractivity contribution in [2.75, 3.05) is 26.8 Å². The summed E-state index contributed by atoms with van der Waals surface area (Å²) in [5.41, 5.74) is 5.48. The van der Waals surface area contributed by atoms with Crippen LogP contribution in [-0.2, 0) is 58.9 Å². The molecule has 1 saturated carbocycles. The molecule has 2 aromatic carbocycles. The van der Waals surface area contributed by atoms with Crippen LogP contribution in [0.4, 0.5) is 4.79 Å². The number of amides is 4. The number of unbranched alkanes of at least 4 members (excludes halogenated alkanes) is 3. The normalized spacial score (nSPS) is 16.5. The third kappa shape index (κ3) is 23.8. The maximum absolute atomic E-state index is 13.9. The largest absolute Gasteiger partial charge is 0.467 e. The fourth-order valence-electron chi connectivity index (χ4n) is 8.40. The first kappa shape index (κ1) is 59.5. The number of carbonyl (C=O) groups excluding carboxylic acids is 8. The summed E-state index contributed by atoms with van der Waals surface area (Å²) in [6, 6.07) is 10.2. The summed E-state index contributed by atoms with van der Waals surface area (Å²) >= 11 is 0. The lowest BCUT2D eigenvalue weighted by Gasteiger charge is -2.29. The minimum atomic E-state index is -1.22. The highest BCUT2D eigenvalue weighted by Crippen LogP contribution is 2.31. The van der Waals surface area contributed by atoms with Crippen LogP contribution in [0.25, 0.3) is 10.8 Å². The van der Waals surface area contributed by atoms with Crippen molar-refractivity contribution in [3.05, 3.63) is 60.7 Å². The highest BCUT2D eigenvalue weighted by Gasteiger charge is 2.32. The van der Waals surface area contributed by atoms with Crippen molar-refractivity contribution in [3.8, 4) is 0 Å². The van der Waals surface area contributed by atoms with Gasteiger partial charge >= 0.3 is 29.9 Å². The van der Waals surface area contributed by atoms with E-state index in [-0.39, 0.29) is 74.2 Å². The number of nitrogens with two attached hydrogens (primary N) is 1. The topological polar surface area (TPSA) is 248 Å². The second-order valence-corrected chi connectivity index (χ2v) is 20.6. The smallest absolute Gasteiger partial charge is 0.329 e. The lowest BCUT2D eigenvalue weighted by Crippen LogP contribution is -2.52. The highest BCUT2D eigenvalue weighted by molar-refractivity contribution is 5.89. The number of ether oxygens (including phenoxy) is 4. The van der Waals surface area contributed by atoms with E-state index in [0.29, 0.717) is 57.9 Å². The van der Waals surface area contributed by atoms with Crippen molar-refractivity contribution >= 4 is 58.3 Å². The number of hydrogen-bond acceptors (Lipinski definition) is 13. The highest BCUT2D eigenvalue weighted by atomic mass is 16.6. The Hall–Kier alpha value is -5.84. The molecule has 17 heteroatoms. The summed E-state index contributed by atoms with van der Waals surface area (Å²) in [5.74, 6) is -3.33. The van der Waals surface area contributed by atoms with Crippen molar-refractivity contribution in [2.45, 2.75) is 174 Å². The van der Waals surface area contributed by atoms with Gasteiger partial charge in [0.15, 0.2) is 0 Å². The molecular weight excluding hydrogens is 911 g/mol. The number of hydrogen-bond donors (Lipinski definition) is 5. The van der Waals surface area contributed by atoms with Gasteiger partial charge in [0.05, 0.1) is 13.2 Å². The lowest BCUT2D eigenvalue weighted by atomic mass is 9.77. The van der Waals surface area contributed by atoms with Gasteiger partial charge in [-0.05, 0) is 134 Å². The quantitative estimate of drug-likeness (QED) is 0.0243. The molecule has 1 aliphatic rings. The van der Waals surface area contributed by atoms with Gasteiger partial charge in [-0.2, -0.15) is 0 Å². The number of esters is 4. The summed E-state index contributed by atoms with van der Waals surface area (Å²) in [6.07, 6.45) is 8.48. The van der Waals surface area contributed by atoms with E-state index in [1.165, 1.54) is 13.2 Å². The van der Waals surface area contributed by atoms with Gasteiger partial charge in [0.1, 0.15) is 35.7 Å². The summed E-state index contributed by atoms with van der Waals surface area (Å²) in [4.78, 5) is 104. The Kier molecular flexibility index (Phi) is 25.2. The Morgan fingerprint density at radius 3 is 2.01 bits per heavy atom. The van der Waals surface area contributed by atoms with E-state index in [0.717, 1.165) is 42.0 Å². The predicted molar refractivity (Wildman–Crippen MR) is 270 cm³/mol. The Morgan fingerprint density at radius 1 is 0.718 bits per heavy atom. The molecule has 1 aliphatic carbocycles. The molecule has 4 unspecified atom stereocenters. The maximum atomic E-state index is 13.9. The molecule has 4 atom stereocenters. The van der Waals surface area contributed by atoms with Crippen LogP contribution < -0.4 is 27.0 Å². The zero-order valence-electron chi connectivity index (χ0n) is 43.2. The van der Waals surface area contributed by atoms with Crippen LogP contribution in [0.1, 0.15) is 143 Å². The molecule has 4 amide bonds. The first-order valence-corrected chi connectivity index (χ1v) is 25.2. The van der Waals surface area contributed by atoms with E-state index >= 15 is 0 Å². The average molecular weight is 992 g/mol. The fraction of sp³-hybridized carbons (Fsp3) is 0.630. The van der Waals surface area contributed by atoms with E-state index in [2.05, 4.69) is 27.8 Å². The van der Waals surface area contributed by atoms with Crippen LogP contribution in [-0.4, -0.2) is 104 Å². The molecule has 1 fully saturated rings. The number of ketones is 1. The van der Waals surface area contributed by atoms with Crippen molar-refractivity contribution in [2.24, 2.45) is 23.5 Å². The number of Topliss-reactive ketones (excluding diaryl/α,β-unsaturated/α-hetero) is 1. The van der Waals surface area contributed by atoms with Crippen molar-refractivity contribution in [3.63, 3.8) is 0 Å². The van der Waals surface area contributed by atoms with Gasteiger partial charge in [0.2, 0.25) is 11.8 Å². The number of urea groups is 1. The van der Waals surface area contributed by atoms with Crippen LogP contribution in [0.5, 0.6) is 0 Å². The Morgan fingerprint density at radius 2 is 1.37 bits per heavy atom. The van der Waals surface area contributed by atoms with E-state index in [4.69, 9.17) is 24.7 Å². The standard InChI is InChI=1S/C54H81N5O12/c1-9-31-69-46(61)21-12-10-11-19-42(55)49(64)57-35-36-22-26-39(27-23-36)45(60)34-41(33-37-24-25-38-17-13-14-18-40(38)32-37)48(63)56-30-16-15-20-43(50(65)68-8)58-52(67)59-44(51(66)71-54(5,6)7)28-29-47(62)70-53(2,3)4/h9,13-14,17-18,24-25,32,36,39,41-44H,1,10-12,15-16,19-23,26-31,33-35,55H2,2-8H3,(H,56,63)(H,57,64)(H2,58,59,67). The van der Waals surface area contributed by atoms with Crippen molar-refractivity contribution < 1.29 is 57.3 Å². The van der Waals surface area contributed by atoms with Gasteiger partial charge in [0.25, 0.3) is 0 Å². The van der Waals surface area contributed by atoms with Crippen molar-refractivity contribution in [1.29, 1.82) is 0 Å². The first-order valence-electron chi connectivity index (χ1n) is 25.2. The van der Waals surface area contributed by atoms with Crippen LogP contribution in [0.15, 0.2) is 55.1 Å². The molecule has 6 N–H and O–H groups in total. The third-order valence-electron chi connectivity index (χ3n) is 12.1. The van der Waals surface area contributed by atoms with E-state index in [9.17, 15) is 38.4 Å². The maximum Gasteiger partial charge on any atom is 0.329 e. The molecule has 0 spiro atoms. The first-order chi connectivity index (χ1) is 33.6. The van der Waals surface area contributed by atoms with Gasteiger partial charge < -0.3 is 45.9 Å². The average Bonchev–Trinajstić information content (AvgIpc) is 3.31. The number of methoxy groups -OCH3 is 1. The molecule has 0 saturated heterocycles.